The van der Waals surface area contributed by atoms with E-state index >= 15 is 0 Å². The fourth-order valence-electron chi connectivity index (χ4n) is 2.24. The Morgan fingerprint density at radius 3 is 2.19 bits per heavy atom. The van der Waals surface area contributed by atoms with Gasteiger partial charge in [-0.25, -0.2) is 0 Å². The first-order chi connectivity index (χ1) is 9.95. The number of rotatable bonds is 10. The minimum Gasteiger partial charge on any atom is -0.263 e. The van der Waals surface area contributed by atoms with Gasteiger partial charge in [-0.3, -0.25) is 4.18 Å². The van der Waals surface area contributed by atoms with E-state index in [0.29, 0.717) is 0 Å². The van der Waals surface area contributed by atoms with Crippen LogP contribution in [-0.2, 0) is 14.3 Å². The van der Waals surface area contributed by atoms with Crippen molar-refractivity contribution in [2.75, 3.05) is 0 Å². The molecule has 0 N–H and O–H groups in total. The SMILES string of the molecule is CCCCCCCC[C@H](C)OS(=O)(=O)c1ccc(C)cc1. The fourth-order valence-corrected chi connectivity index (χ4v) is 3.35. The van der Waals surface area contributed by atoms with Crippen molar-refractivity contribution in [3.05, 3.63) is 29.8 Å². The lowest BCUT2D eigenvalue weighted by Gasteiger charge is -2.13. The van der Waals surface area contributed by atoms with Crippen LogP contribution in [0, 0.1) is 6.92 Å². The van der Waals surface area contributed by atoms with Crippen LogP contribution in [0.3, 0.4) is 0 Å². The summed E-state index contributed by atoms with van der Waals surface area (Å²) in [7, 11) is -3.63. The molecule has 0 fully saturated rings. The van der Waals surface area contributed by atoms with E-state index in [4.69, 9.17) is 4.18 Å². The maximum Gasteiger partial charge on any atom is 0.297 e. The topological polar surface area (TPSA) is 43.4 Å². The number of aryl methyl sites for hydroxylation is 1. The molecule has 0 aliphatic rings. The lowest BCUT2D eigenvalue weighted by atomic mass is 10.1. The maximum absolute atomic E-state index is 12.1. The summed E-state index contributed by atoms with van der Waals surface area (Å²) in [6, 6.07) is 6.77. The highest BCUT2D eigenvalue weighted by Gasteiger charge is 2.18. The van der Waals surface area contributed by atoms with Crippen LogP contribution in [0.4, 0.5) is 0 Å². The Kier molecular flexibility index (Phi) is 7.97. The molecule has 0 heterocycles. The van der Waals surface area contributed by atoms with Gasteiger partial charge >= 0.3 is 0 Å². The van der Waals surface area contributed by atoms with Crippen molar-refractivity contribution in [3.8, 4) is 0 Å². The smallest absolute Gasteiger partial charge is 0.263 e. The summed E-state index contributed by atoms with van der Waals surface area (Å²) in [5.41, 5.74) is 1.04. The van der Waals surface area contributed by atoms with E-state index in [9.17, 15) is 8.42 Å². The van der Waals surface area contributed by atoms with E-state index < -0.39 is 10.1 Å². The summed E-state index contributed by atoms with van der Waals surface area (Å²) in [5.74, 6) is 0. The van der Waals surface area contributed by atoms with Gasteiger partial charge in [-0.15, -0.1) is 0 Å². The Labute approximate surface area is 129 Å². The molecule has 0 aliphatic carbocycles. The van der Waals surface area contributed by atoms with Crippen LogP contribution in [0.25, 0.3) is 0 Å². The summed E-state index contributed by atoms with van der Waals surface area (Å²) in [4.78, 5) is 0.239. The van der Waals surface area contributed by atoms with Crippen molar-refractivity contribution in [2.24, 2.45) is 0 Å². The molecular weight excluding hydrogens is 284 g/mol. The van der Waals surface area contributed by atoms with Crippen LogP contribution in [0.5, 0.6) is 0 Å². The van der Waals surface area contributed by atoms with Crippen molar-refractivity contribution >= 4 is 10.1 Å². The predicted molar refractivity (Wildman–Crippen MR) is 86.9 cm³/mol. The molecule has 0 aromatic heterocycles. The second kappa shape index (κ2) is 9.21. The molecule has 0 bridgehead atoms. The molecule has 21 heavy (non-hydrogen) atoms. The Bertz CT molecular complexity index is 491. The van der Waals surface area contributed by atoms with Crippen molar-refractivity contribution in [3.63, 3.8) is 0 Å². The van der Waals surface area contributed by atoms with Gasteiger partial charge in [-0.2, -0.15) is 8.42 Å². The van der Waals surface area contributed by atoms with Gasteiger partial charge in [0.1, 0.15) is 0 Å². The Hall–Kier alpha value is -0.870. The van der Waals surface area contributed by atoms with Gasteiger partial charge in [0.2, 0.25) is 0 Å². The zero-order chi connectivity index (χ0) is 15.7. The van der Waals surface area contributed by atoms with Gasteiger partial charge in [-0.1, -0.05) is 63.1 Å². The molecule has 1 rings (SSSR count). The molecule has 1 atom stereocenters. The summed E-state index contributed by atoms with van der Waals surface area (Å²) < 4.78 is 29.5. The molecule has 1 aromatic rings. The van der Waals surface area contributed by atoms with E-state index in [-0.39, 0.29) is 11.0 Å². The first-order valence-electron chi connectivity index (χ1n) is 7.95. The molecule has 0 unspecified atom stereocenters. The normalized spacial score (nSPS) is 13.3. The minimum absolute atomic E-state index is 0.239. The maximum atomic E-state index is 12.1. The molecule has 1 aromatic carbocycles. The molecule has 4 heteroatoms. The zero-order valence-corrected chi connectivity index (χ0v) is 14.3. The third-order valence-corrected chi connectivity index (χ3v) is 5.00. The van der Waals surface area contributed by atoms with E-state index in [1.807, 2.05) is 13.8 Å². The first kappa shape index (κ1) is 18.2. The van der Waals surface area contributed by atoms with E-state index in [0.717, 1.165) is 24.8 Å². The Balaban J connectivity index is 2.36. The predicted octanol–water partition coefficient (Wildman–Crippen LogP) is 4.84. The van der Waals surface area contributed by atoms with Crippen LogP contribution in [0.2, 0.25) is 0 Å². The van der Waals surface area contributed by atoms with Gasteiger partial charge in [0.05, 0.1) is 11.0 Å². The monoisotopic (exact) mass is 312 g/mol. The van der Waals surface area contributed by atoms with Crippen molar-refractivity contribution in [1.29, 1.82) is 0 Å². The summed E-state index contributed by atoms with van der Waals surface area (Å²) >= 11 is 0. The van der Waals surface area contributed by atoms with Gasteiger partial charge in [0.25, 0.3) is 10.1 Å². The highest BCUT2D eigenvalue weighted by atomic mass is 32.2. The molecule has 0 spiro atoms. The largest absolute Gasteiger partial charge is 0.297 e. The van der Waals surface area contributed by atoms with E-state index in [2.05, 4.69) is 6.92 Å². The van der Waals surface area contributed by atoms with Crippen LogP contribution in [0.15, 0.2) is 29.2 Å². The highest BCUT2D eigenvalue weighted by molar-refractivity contribution is 7.86. The molecule has 3 nitrogen and oxygen atoms in total. The lowest BCUT2D eigenvalue weighted by Crippen LogP contribution is -2.15. The van der Waals surface area contributed by atoms with Crippen molar-refractivity contribution in [2.45, 2.75) is 76.7 Å². The van der Waals surface area contributed by atoms with Gasteiger partial charge in [-0.05, 0) is 32.4 Å². The standard InChI is InChI=1S/C17H28O3S/c1-4-5-6-7-8-9-10-16(3)20-21(18,19)17-13-11-15(2)12-14-17/h11-14,16H,4-10H2,1-3H3/t16-/m0/s1. The minimum atomic E-state index is -3.63. The van der Waals surface area contributed by atoms with Crippen LogP contribution in [-0.4, -0.2) is 14.5 Å². The van der Waals surface area contributed by atoms with Crippen LogP contribution >= 0.6 is 0 Å². The molecule has 0 radical (unpaired) electrons. The Morgan fingerprint density at radius 2 is 1.57 bits per heavy atom. The van der Waals surface area contributed by atoms with Gasteiger partial charge in [0.15, 0.2) is 0 Å². The van der Waals surface area contributed by atoms with Crippen molar-refractivity contribution in [1.82, 2.24) is 0 Å². The summed E-state index contributed by atoms with van der Waals surface area (Å²) in [5, 5.41) is 0. The highest BCUT2D eigenvalue weighted by Crippen LogP contribution is 2.18. The molecule has 120 valence electrons. The van der Waals surface area contributed by atoms with E-state index in [1.165, 1.54) is 25.7 Å². The fraction of sp³-hybridized carbons (Fsp3) is 0.647. The number of hydrogen-bond donors (Lipinski definition) is 0. The van der Waals surface area contributed by atoms with E-state index in [1.54, 1.807) is 24.3 Å². The number of unbranched alkanes of at least 4 members (excludes halogenated alkanes) is 5. The number of hydrogen-bond acceptors (Lipinski definition) is 3. The quantitative estimate of drug-likeness (QED) is 0.458. The second-order valence-electron chi connectivity index (χ2n) is 5.73. The third kappa shape index (κ3) is 7.09. The summed E-state index contributed by atoms with van der Waals surface area (Å²) in [6.45, 7) is 5.96. The lowest BCUT2D eigenvalue weighted by molar-refractivity contribution is 0.213. The van der Waals surface area contributed by atoms with Crippen LogP contribution < -0.4 is 0 Å². The molecular formula is C17H28O3S. The molecule has 0 saturated carbocycles. The zero-order valence-electron chi connectivity index (χ0n) is 13.5. The second-order valence-corrected chi connectivity index (χ2v) is 7.30. The molecule has 0 amide bonds. The first-order valence-corrected chi connectivity index (χ1v) is 9.36. The Morgan fingerprint density at radius 1 is 1.00 bits per heavy atom. The van der Waals surface area contributed by atoms with Gasteiger partial charge < -0.3 is 0 Å². The van der Waals surface area contributed by atoms with Gasteiger partial charge in [0, 0.05) is 0 Å². The average Bonchev–Trinajstić information content (AvgIpc) is 2.42. The molecule has 0 saturated heterocycles. The van der Waals surface area contributed by atoms with Crippen molar-refractivity contribution < 1.29 is 12.6 Å². The summed E-state index contributed by atoms with van der Waals surface area (Å²) in [6.07, 6.45) is 7.73. The third-order valence-electron chi connectivity index (χ3n) is 3.56. The van der Waals surface area contributed by atoms with Crippen LogP contribution in [0.1, 0.15) is 64.4 Å². The molecule has 0 aliphatic heterocycles. The number of benzene rings is 1. The average molecular weight is 312 g/mol.